The summed E-state index contributed by atoms with van der Waals surface area (Å²) in [5, 5.41) is 11.1. The van der Waals surface area contributed by atoms with E-state index in [0.717, 1.165) is 27.8 Å². The number of hydrazone groups is 1. The molecule has 1 heterocycles. The van der Waals surface area contributed by atoms with Crippen LogP contribution in [0, 0.1) is 0 Å². The van der Waals surface area contributed by atoms with Crippen molar-refractivity contribution in [2.75, 3.05) is 6.61 Å². The number of hydrogen-bond donors (Lipinski definition) is 2. The SMILES string of the molecule is CCCOc1ccc(-c2cc(C(=O)N/N=C(\C)c3ccc(Br)cc3)[nH]n2)cc1. The van der Waals surface area contributed by atoms with Gasteiger partial charge in [-0.15, -0.1) is 0 Å². The minimum atomic E-state index is -0.349. The lowest BCUT2D eigenvalue weighted by Gasteiger charge is -2.04. The number of nitrogens with zero attached hydrogens (tertiary/aromatic N) is 2. The summed E-state index contributed by atoms with van der Waals surface area (Å²) >= 11 is 3.40. The molecule has 0 bridgehead atoms. The van der Waals surface area contributed by atoms with Gasteiger partial charge in [-0.1, -0.05) is 35.0 Å². The Morgan fingerprint density at radius 2 is 1.89 bits per heavy atom. The third-order valence-corrected chi connectivity index (χ3v) is 4.56. The van der Waals surface area contributed by atoms with Gasteiger partial charge in [-0.25, -0.2) is 5.43 Å². The molecule has 3 rings (SSSR count). The van der Waals surface area contributed by atoms with E-state index < -0.39 is 0 Å². The quantitative estimate of drug-likeness (QED) is 0.409. The standard InChI is InChI=1S/C21H21BrN4O2/c1-3-12-28-18-10-6-16(7-11-18)19-13-20(25-24-19)21(27)26-23-14(2)15-4-8-17(22)9-5-15/h4-11,13H,3,12H2,1-2H3,(H,24,25)(H,26,27)/b23-14+. The van der Waals surface area contributed by atoms with E-state index in [1.165, 1.54) is 0 Å². The van der Waals surface area contributed by atoms with Gasteiger partial charge >= 0.3 is 0 Å². The molecule has 0 aliphatic heterocycles. The number of carbonyl (C=O) groups excluding carboxylic acids is 1. The lowest BCUT2D eigenvalue weighted by Crippen LogP contribution is -2.19. The van der Waals surface area contributed by atoms with E-state index in [9.17, 15) is 4.79 Å². The van der Waals surface area contributed by atoms with Crippen LogP contribution in [0.3, 0.4) is 0 Å². The van der Waals surface area contributed by atoms with Crippen molar-refractivity contribution in [1.82, 2.24) is 15.6 Å². The van der Waals surface area contributed by atoms with Crippen molar-refractivity contribution in [3.8, 4) is 17.0 Å². The predicted molar refractivity (Wildman–Crippen MR) is 114 cm³/mol. The Kier molecular flexibility index (Phi) is 6.60. The van der Waals surface area contributed by atoms with Gasteiger partial charge < -0.3 is 4.74 Å². The summed E-state index contributed by atoms with van der Waals surface area (Å²) in [6.45, 7) is 4.59. The molecule has 1 aromatic heterocycles. The molecule has 0 spiro atoms. The van der Waals surface area contributed by atoms with Crippen molar-refractivity contribution in [3.05, 3.63) is 70.3 Å². The highest BCUT2D eigenvalue weighted by Crippen LogP contribution is 2.21. The summed E-state index contributed by atoms with van der Waals surface area (Å²) in [4.78, 5) is 12.3. The summed E-state index contributed by atoms with van der Waals surface area (Å²) in [6.07, 6.45) is 0.962. The first-order valence-corrected chi connectivity index (χ1v) is 9.75. The van der Waals surface area contributed by atoms with Gasteiger partial charge in [0.2, 0.25) is 0 Å². The van der Waals surface area contributed by atoms with Crippen molar-refractivity contribution in [1.29, 1.82) is 0 Å². The zero-order valence-corrected chi connectivity index (χ0v) is 17.3. The van der Waals surface area contributed by atoms with E-state index in [0.29, 0.717) is 23.7 Å². The first-order valence-electron chi connectivity index (χ1n) is 8.96. The third kappa shape index (κ3) is 5.07. The average molecular weight is 441 g/mol. The van der Waals surface area contributed by atoms with E-state index in [1.807, 2.05) is 55.5 Å². The molecular formula is C21H21BrN4O2. The molecule has 1 amide bonds. The number of halogens is 1. The van der Waals surface area contributed by atoms with Crippen LogP contribution in [0.25, 0.3) is 11.3 Å². The highest BCUT2D eigenvalue weighted by Gasteiger charge is 2.11. The number of nitrogens with one attached hydrogen (secondary N) is 2. The highest BCUT2D eigenvalue weighted by molar-refractivity contribution is 9.10. The summed E-state index contributed by atoms with van der Waals surface area (Å²) in [6, 6.07) is 17.0. The molecule has 0 saturated carbocycles. The van der Waals surface area contributed by atoms with Crippen LogP contribution in [0.15, 0.2) is 64.2 Å². The number of ether oxygens (including phenoxy) is 1. The van der Waals surface area contributed by atoms with Gasteiger partial charge in [-0.05, 0) is 61.4 Å². The Hall–Kier alpha value is -2.93. The van der Waals surface area contributed by atoms with Crippen molar-refractivity contribution in [2.24, 2.45) is 5.10 Å². The number of aromatic amines is 1. The second kappa shape index (κ2) is 9.32. The molecule has 0 radical (unpaired) electrons. The van der Waals surface area contributed by atoms with Crippen molar-refractivity contribution < 1.29 is 9.53 Å². The Balaban J connectivity index is 1.65. The Morgan fingerprint density at radius 1 is 1.18 bits per heavy atom. The summed E-state index contributed by atoms with van der Waals surface area (Å²) < 4.78 is 6.57. The maximum absolute atomic E-state index is 12.3. The largest absolute Gasteiger partial charge is 0.494 e. The average Bonchev–Trinajstić information content (AvgIpc) is 3.21. The molecule has 0 aliphatic rings. The topological polar surface area (TPSA) is 79.4 Å². The molecule has 2 aromatic carbocycles. The van der Waals surface area contributed by atoms with Gasteiger partial charge in [0.1, 0.15) is 11.4 Å². The van der Waals surface area contributed by atoms with Gasteiger partial charge in [0, 0.05) is 10.0 Å². The predicted octanol–water partition coefficient (Wildman–Crippen LogP) is 4.78. The Morgan fingerprint density at radius 3 is 2.57 bits per heavy atom. The minimum absolute atomic E-state index is 0.341. The second-order valence-electron chi connectivity index (χ2n) is 6.18. The molecule has 0 unspecified atom stereocenters. The second-order valence-corrected chi connectivity index (χ2v) is 7.10. The molecule has 2 N–H and O–H groups in total. The van der Waals surface area contributed by atoms with E-state index in [4.69, 9.17) is 4.74 Å². The van der Waals surface area contributed by atoms with Crippen LogP contribution in [0.5, 0.6) is 5.75 Å². The molecule has 0 fully saturated rings. The first-order chi connectivity index (χ1) is 13.6. The van der Waals surface area contributed by atoms with Gasteiger partial charge in [-0.2, -0.15) is 10.2 Å². The zero-order valence-electron chi connectivity index (χ0n) is 15.7. The van der Waals surface area contributed by atoms with Crippen LogP contribution in [0.1, 0.15) is 36.3 Å². The molecule has 7 heteroatoms. The molecule has 0 atom stereocenters. The number of rotatable bonds is 7. The maximum atomic E-state index is 12.3. The van der Waals surface area contributed by atoms with Crippen LogP contribution in [0.4, 0.5) is 0 Å². The van der Waals surface area contributed by atoms with Crippen molar-refractivity contribution in [3.63, 3.8) is 0 Å². The lowest BCUT2D eigenvalue weighted by molar-refractivity contribution is 0.0950. The zero-order chi connectivity index (χ0) is 19.9. The fourth-order valence-electron chi connectivity index (χ4n) is 2.48. The normalized spacial score (nSPS) is 11.3. The molecule has 6 nitrogen and oxygen atoms in total. The Labute approximate surface area is 172 Å². The molecule has 0 aliphatic carbocycles. The Bertz CT molecular complexity index is 963. The molecule has 144 valence electrons. The van der Waals surface area contributed by atoms with Crippen molar-refractivity contribution >= 4 is 27.5 Å². The van der Waals surface area contributed by atoms with Crippen molar-refractivity contribution in [2.45, 2.75) is 20.3 Å². The number of H-pyrrole nitrogens is 1. The van der Waals surface area contributed by atoms with Crippen LogP contribution in [0.2, 0.25) is 0 Å². The van der Waals surface area contributed by atoms with Crippen LogP contribution < -0.4 is 10.2 Å². The third-order valence-electron chi connectivity index (χ3n) is 4.03. The fourth-order valence-corrected chi connectivity index (χ4v) is 2.74. The van der Waals surface area contributed by atoms with Gasteiger partial charge in [0.15, 0.2) is 0 Å². The molecular weight excluding hydrogens is 420 g/mol. The first kappa shape index (κ1) is 19.8. The monoisotopic (exact) mass is 440 g/mol. The number of aromatic nitrogens is 2. The number of benzene rings is 2. The van der Waals surface area contributed by atoms with Crippen LogP contribution in [-0.4, -0.2) is 28.4 Å². The number of hydrogen-bond acceptors (Lipinski definition) is 4. The molecule has 3 aromatic rings. The van der Waals surface area contributed by atoms with Crippen LogP contribution >= 0.6 is 15.9 Å². The fraction of sp³-hybridized carbons (Fsp3) is 0.190. The van der Waals surface area contributed by atoms with E-state index >= 15 is 0 Å². The summed E-state index contributed by atoms with van der Waals surface area (Å²) in [5.74, 6) is 0.468. The van der Waals surface area contributed by atoms with Gasteiger partial charge in [0.05, 0.1) is 18.0 Å². The molecule has 0 saturated heterocycles. The maximum Gasteiger partial charge on any atom is 0.289 e. The highest BCUT2D eigenvalue weighted by atomic mass is 79.9. The van der Waals surface area contributed by atoms with Gasteiger partial charge in [-0.3, -0.25) is 9.89 Å². The number of amides is 1. The van der Waals surface area contributed by atoms with Gasteiger partial charge in [0.25, 0.3) is 5.91 Å². The van der Waals surface area contributed by atoms with E-state index in [2.05, 4.69) is 43.6 Å². The summed E-state index contributed by atoms with van der Waals surface area (Å²) in [5.41, 5.74) is 6.12. The lowest BCUT2D eigenvalue weighted by atomic mass is 10.1. The minimum Gasteiger partial charge on any atom is -0.494 e. The van der Waals surface area contributed by atoms with Crippen LogP contribution in [-0.2, 0) is 0 Å². The number of carbonyl (C=O) groups is 1. The smallest absolute Gasteiger partial charge is 0.289 e. The summed E-state index contributed by atoms with van der Waals surface area (Å²) in [7, 11) is 0. The van der Waals surface area contributed by atoms with E-state index in [-0.39, 0.29) is 5.91 Å². The van der Waals surface area contributed by atoms with E-state index in [1.54, 1.807) is 6.07 Å². The molecule has 28 heavy (non-hydrogen) atoms.